The highest BCUT2D eigenvalue weighted by atomic mass is 79.9. The first kappa shape index (κ1) is 14.9. The van der Waals surface area contributed by atoms with Crippen LogP contribution in [0.2, 0.25) is 18.1 Å². The topological polar surface area (TPSA) is 22.1 Å². The zero-order valence-electron chi connectivity index (χ0n) is 11.6. The lowest BCUT2D eigenvalue weighted by atomic mass is 10.2. The third kappa shape index (κ3) is 3.90. The van der Waals surface area contributed by atoms with Crippen LogP contribution in [0.25, 0.3) is 0 Å². The summed E-state index contributed by atoms with van der Waals surface area (Å²) in [7, 11) is -1.67. The van der Waals surface area contributed by atoms with Crippen LogP contribution in [0, 0.1) is 6.92 Å². The Balaban J connectivity index is 2.71. The van der Waals surface area contributed by atoms with Gasteiger partial charge in [0.1, 0.15) is 4.60 Å². The summed E-state index contributed by atoms with van der Waals surface area (Å²) in [5, 5.41) is 0.245. The number of hydrogen-bond donors (Lipinski definition) is 0. The van der Waals surface area contributed by atoms with Crippen LogP contribution in [-0.4, -0.2) is 13.3 Å². The number of hydrogen-bond acceptors (Lipinski definition) is 2. The van der Waals surface area contributed by atoms with Gasteiger partial charge in [0.2, 0.25) is 0 Å². The summed E-state index contributed by atoms with van der Waals surface area (Å²) in [4.78, 5) is 4.47. The van der Waals surface area contributed by atoms with Gasteiger partial charge in [-0.3, -0.25) is 0 Å². The first-order valence-corrected chi connectivity index (χ1v) is 9.59. The van der Waals surface area contributed by atoms with E-state index in [1.54, 1.807) is 0 Å². The van der Waals surface area contributed by atoms with E-state index in [-0.39, 0.29) is 5.04 Å². The van der Waals surface area contributed by atoms with Gasteiger partial charge in [-0.25, -0.2) is 4.98 Å². The summed E-state index contributed by atoms with van der Waals surface area (Å²) in [6.45, 7) is 13.9. The van der Waals surface area contributed by atoms with E-state index in [0.717, 1.165) is 15.9 Å². The highest BCUT2D eigenvalue weighted by Crippen LogP contribution is 2.37. The fourth-order valence-electron chi connectivity index (χ4n) is 1.09. The van der Waals surface area contributed by atoms with Crippen LogP contribution in [0.15, 0.2) is 16.7 Å². The lowest BCUT2D eigenvalue weighted by Gasteiger charge is -2.36. The third-order valence-corrected chi connectivity index (χ3v) is 8.76. The predicted octanol–water partition coefficient (Wildman–Crippen LogP) is 4.67. The van der Waals surface area contributed by atoms with Crippen molar-refractivity contribution >= 4 is 24.2 Å². The van der Waals surface area contributed by atoms with Gasteiger partial charge in [-0.05, 0) is 52.6 Å². The van der Waals surface area contributed by atoms with Crippen molar-refractivity contribution in [3.63, 3.8) is 0 Å². The van der Waals surface area contributed by atoms with Crippen molar-refractivity contribution in [3.8, 4) is 0 Å². The minimum Gasteiger partial charge on any atom is -0.411 e. The molecule has 0 N–H and O–H groups in total. The maximum absolute atomic E-state index is 6.13. The van der Waals surface area contributed by atoms with E-state index in [1.165, 1.54) is 0 Å². The Hall–Kier alpha value is -0.193. The van der Waals surface area contributed by atoms with Crippen molar-refractivity contribution < 1.29 is 4.43 Å². The second-order valence-corrected chi connectivity index (χ2v) is 11.5. The second-order valence-electron chi connectivity index (χ2n) is 5.96. The fourth-order valence-corrected chi connectivity index (χ4v) is 2.39. The molecule has 0 atom stereocenters. The van der Waals surface area contributed by atoms with Crippen LogP contribution in [0.3, 0.4) is 0 Å². The molecule has 0 aromatic carbocycles. The molecule has 0 saturated carbocycles. The van der Waals surface area contributed by atoms with Gasteiger partial charge in [-0.15, -0.1) is 0 Å². The number of aryl methyl sites for hydroxylation is 1. The van der Waals surface area contributed by atoms with E-state index in [9.17, 15) is 0 Å². The van der Waals surface area contributed by atoms with E-state index >= 15 is 0 Å². The van der Waals surface area contributed by atoms with Crippen molar-refractivity contribution in [3.05, 3.63) is 28.0 Å². The number of rotatable bonds is 3. The van der Waals surface area contributed by atoms with E-state index in [1.807, 2.05) is 13.0 Å². The molecule has 0 fully saturated rings. The maximum atomic E-state index is 6.13. The molecular formula is C13H22BrNOSi. The molecule has 2 nitrogen and oxygen atoms in total. The van der Waals surface area contributed by atoms with Crippen molar-refractivity contribution in [2.75, 3.05) is 0 Å². The van der Waals surface area contributed by atoms with E-state index in [2.05, 4.69) is 60.8 Å². The van der Waals surface area contributed by atoms with Gasteiger partial charge >= 0.3 is 0 Å². The average molecular weight is 316 g/mol. The molecule has 1 rings (SSSR count). The molecule has 0 aliphatic carbocycles. The minimum absolute atomic E-state index is 0.245. The Labute approximate surface area is 114 Å². The van der Waals surface area contributed by atoms with Gasteiger partial charge in [0, 0.05) is 0 Å². The number of aromatic nitrogens is 1. The molecule has 17 heavy (non-hydrogen) atoms. The van der Waals surface area contributed by atoms with Crippen LogP contribution in [0.4, 0.5) is 0 Å². The Kier molecular flexibility index (Phi) is 4.55. The fraction of sp³-hybridized carbons (Fsp3) is 0.615. The molecule has 0 unspecified atom stereocenters. The summed E-state index contributed by atoms with van der Waals surface area (Å²) in [6, 6.07) is 4.11. The standard InChI is InChI=1S/C13H22BrNOSi/c1-10-7-8-11(15-12(10)14)9-16-17(5,6)13(2,3)4/h7-8H,9H2,1-6H3. The Bertz CT molecular complexity index is 399. The van der Waals surface area contributed by atoms with Crippen molar-refractivity contribution in [1.29, 1.82) is 0 Å². The summed E-state index contributed by atoms with van der Waals surface area (Å²) < 4.78 is 7.04. The van der Waals surface area contributed by atoms with Crippen LogP contribution in [0.1, 0.15) is 32.0 Å². The normalized spacial score (nSPS) is 12.9. The van der Waals surface area contributed by atoms with Crippen LogP contribution < -0.4 is 0 Å². The first-order chi connectivity index (χ1) is 7.63. The molecule has 0 saturated heterocycles. The minimum atomic E-state index is -1.67. The third-order valence-electron chi connectivity index (χ3n) is 3.48. The lowest BCUT2D eigenvalue weighted by Crippen LogP contribution is -2.40. The number of halogens is 1. The van der Waals surface area contributed by atoms with Gasteiger partial charge in [0.05, 0.1) is 12.3 Å². The molecule has 0 spiro atoms. The highest BCUT2D eigenvalue weighted by Gasteiger charge is 2.37. The summed E-state index contributed by atoms with van der Waals surface area (Å²) in [5.74, 6) is 0. The monoisotopic (exact) mass is 315 g/mol. The van der Waals surface area contributed by atoms with Crippen LogP contribution >= 0.6 is 15.9 Å². The smallest absolute Gasteiger partial charge is 0.192 e. The van der Waals surface area contributed by atoms with Gasteiger partial charge in [-0.2, -0.15) is 0 Å². The maximum Gasteiger partial charge on any atom is 0.192 e. The van der Waals surface area contributed by atoms with E-state index < -0.39 is 8.32 Å². The van der Waals surface area contributed by atoms with E-state index in [4.69, 9.17) is 4.43 Å². The summed E-state index contributed by atoms with van der Waals surface area (Å²) in [6.07, 6.45) is 0. The van der Waals surface area contributed by atoms with Gasteiger partial charge in [0.15, 0.2) is 8.32 Å². The first-order valence-electron chi connectivity index (χ1n) is 5.89. The van der Waals surface area contributed by atoms with Crippen LogP contribution in [-0.2, 0) is 11.0 Å². The second kappa shape index (κ2) is 5.20. The Morgan fingerprint density at radius 1 is 1.29 bits per heavy atom. The molecule has 1 aromatic heterocycles. The molecule has 96 valence electrons. The molecule has 1 aromatic rings. The molecule has 1 heterocycles. The molecule has 0 aliphatic heterocycles. The Morgan fingerprint density at radius 2 is 1.88 bits per heavy atom. The highest BCUT2D eigenvalue weighted by molar-refractivity contribution is 9.10. The predicted molar refractivity (Wildman–Crippen MR) is 78.7 cm³/mol. The zero-order chi connectivity index (χ0) is 13.3. The summed E-state index contributed by atoms with van der Waals surface area (Å²) in [5.41, 5.74) is 2.15. The van der Waals surface area contributed by atoms with Gasteiger partial charge in [-0.1, -0.05) is 26.8 Å². The summed E-state index contributed by atoms with van der Waals surface area (Å²) >= 11 is 3.45. The number of nitrogens with zero attached hydrogens (tertiary/aromatic N) is 1. The molecule has 0 bridgehead atoms. The Morgan fingerprint density at radius 3 is 2.35 bits per heavy atom. The molecular weight excluding hydrogens is 294 g/mol. The van der Waals surface area contributed by atoms with E-state index in [0.29, 0.717) is 6.61 Å². The molecule has 0 aliphatic rings. The number of pyridine rings is 1. The zero-order valence-corrected chi connectivity index (χ0v) is 14.2. The molecule has 0 amide bonds. The average Bonchev–Trinajstić information content (AvgIpc) is 2.18. The van der Waals surface area contributed by atoms with Crippen molar-refractivity contribution in [1.82, 2.24) is 4.98 Å². The van der Waals surface area contributed by atoms with Crippen molar-refractivity contribution in [2.45, 2.75) is 52.4 Å². The van der Waals surface area contributed by atoms with Crippen molar-refractivity contribution in [2.24, 2.45) is 0 Å². The van der Waals surface area contributed by atoms with Crippen LogP contribution in [0.5, 0.6) is 0 Å². The van der Waals surface area contributed by atoms with Gasteiger partial charge < -0.3 is 4.43 Å². The molecule has 4 heteroatoms. The quantitative estimate of drug-likeness (QED) is 0.597. The van der Waals surface area contributed by atoms with Gasteiger partial charge in [0.25, 0.3) is 0 Å². The lowest BCUT2D eigenvalue weighted by molar-refractivity contribution is 0.272. The molecule has 0 radical (unpaired) electrons. The largest absolute Gasteiger partial charge is 0.411 e. The SMILES string of the molecule is Cc1ccc(CO[Si](C)(C)C(C)(C)C)nc1Br.